The molecule has 2 saturated heterocycles. The lowest BCUT2D eigenvalue weighted by molar-refractivity contribution is -0.158. The number of para-hydroxylation sites is 1. The maximum atomic E-state index is 13.9. The highest BCUT2D eigenvalue weighted by Gasteiger charge is 2.48. The van der Waals surface area contributed by atoms with Crippen LogP contribution in [-0.4, -0.2) is 77.1 Å². The number of nitrogens with zero attached hydrogens (tertiary/aromatic N) is 3. The number of likely N-dealkylation sites (tertiary alicyclic amines) is 1. The summed E-state index contributed by atoms with van der Waals surface area (Å²) in [5.41, 5.74) is 4.04. The molecule has 5 heterocycles. The van der Waals surface area contributed by atoms with Crippen molar-refractivity contribution in [2.75, 3.05) is 39.5 Å². The second-order valence-corrected chi connectivity index (χ2v) is 10.3. The second kappa shape index (κ2) is 8.55. The van der Waals surface area contributed by atoms with Gasteiger partial charge < -0.3 is 29.2 Å². The van der Waals surface area contributed by atoms with Crippen LogP contribution in [0.3, 0.4) is 0 Å². The molecule has 0 spiro atoms. The minimum Gasteiger partial charge on any atom is -0.454 e. The van der Waals surface area contributed by atoms with Gasteiger partial charge in [-0.1, -0.05) is 30.7 Å². The third-order valence-corrected chi connectivity index (χ3v) is 8.19. The molecule has 2 amide bonds. The number of ether oxygens (including phenoxy) is 2. The minimum absolute atomic E-state index is 0.00906. The number of benzene rings is 2. The zero-order chi connectivity index (χ0) is 24.2. The molecule has 1 N–H and O–H groups in total. The lowest BCUT2D eigenvalue weighted by atomic mass is 9.86. The molecule has 8 nitrogen and oxygen atoms in total. The first-order valence-electron chi connectivity index (χ1n) is 13.0. The first kappa shape index (κ1) is 21.7. The number of rotatable bonds is 4. The molecule has 2 atom stereocenters. The summed E-state index contributed by atoms with van der Waals surface area (Å²) in [4.78, 5) is 37.2. The number of carbonyl (C=O) groups excluding carboxylic acids is 2. The number of fused-ring (bicyclic) bond motifs is 5. The molecule has 0 radical (unpaired) electrons. The van der Waals surface area contributed by atoms with Gasteiger partial charge in [0.1, 0.15) is 6.04 Å². The van der Waals surface area contributed by atoms with E-state index in [1.165, 1.54) is 19.3 Å². The third-order valence-electron chi connectivity index (χ3n) is 8.19. The highest BCUT2D eigenvalue weighted by atomic mass is 16.7. The normalized spacial score (nSPS) is 23.8. The number of carbonyl (C=O) groups is 2. The number of amides is 2. The molecule has 0 bridgehead atoms. The molecule has 0 aliphatic carbocycles. The Balaban J connectivity index is 1.27. The Morgan fingerprint density at radius 2 is 1.78 bits per heavy atom. The molecule has 3 aromatic rings. The molecule has 4 aliphatic heterocycles. The van der Waals surface area contributed by atoms with Gasteiger partial charge in [0, 0.05) is 36.1 Å². The van der Waals surface area contributed by atoms with Crippen LogP contribution in [0.1, 0.15) is 42.1 Å². The Bertz CT molecular complexity index is 1340. The van der Waals surface area contributed by atoms with Crippen molar-refractivity contribution < 1.29 is 19.1 Å². The molecule has 2 aromatic carbocycles. The van der Waals surface area contributed by atoms with E-state index in [-0.39, 0.29) is 31.2 Å². The van der Waals surface area contributed by atoms with Gasteiger partial charge in [0.2, 0.25) is 18.6 Å². The number of piperazine rings is 1. The predicted molar refractivity (Wildman–Crippen MR) is 134 cm³/mol. The topological polar surface area (TPSA) is 78.1 Å². The fraction of sp³-hybridized carbons (Fsp3) is 0.429. The van der Waals surface area contributed by atoms with Crippen molar-refractivity contribution in [2.24, 2.45) is 0 Å². The molecule has 1 aromatic heterocycles. The zero-order valence-corrected chi connectivity index (χ0v) is 20.2. The van der Waals surface area contributed by atoms with Crippen LogP contribution in [-0.2, 0) is 16.0 Å². The van der Waals surface area contributed by atoms with Gasteiger partial charge in [-0.05, 0) is 55.3 Å². The summed E-state index contributed by atoms with van der Waals surface area (Å²) >= 11 is 0. The molecule has 0 unspecified atom stereocenters. The molecule has 8 heteroatoms. The first-order chi connectivity index (χ1) is 17.7. The molecular formula is C28H30N4O4. The van der Waals surface area contributed by atoms with Crippen molar-refractivity contribution in [1.82, 2.24) is 19.7 Å². The number of hydrogen-bond acceptors (Lipinski definition) is 5. The summed E-state index contributed by atoms with van der Waals surface area (Å²) < 4.78 is 11.2. The smallest absolute Gasteiger partial charge is 0.246 e. The van der Waals surface area contributed by atoms with E-state index in [2.05, 4.69) is 22.0 Å². The Morgan fingerprint density at radius 1 is 0.944 bits per heavy atom. The minimum atomic E-state index is -0.519. The summed E-state index contributed by atoms with van der Waals surface area (Å²) in [6, 6.07) is 13.1. The van der Waals surface area contributed by atoms with Gasteiger partial charge in [-0.3, -0.25) is 9.59 Å². The van der Waals surface area contributed by atoms with Crippen LogP contribution in [0.15, 0.2) is 42.5 Å². The van der Waals surface area contributed by atoms with Crippen LogP contribution < -0.4 is 9.47 Å². The van der Waals surface area contributed by atoms with Gasteiger partial charge in [0.05, 0.1) is 12.6 Å². The van der Waals surface area contributed by atoms with Crippen molar-refractivity contribution in [3.8, 4) is 11.5 Å². The first-order valence-corrected chi connectivity index (χ1v) is 13.0. The summed E-state index contributed by atoms with van der Waals surface area (Å²) in [5.74, 6) is 1.41. The lowest BCUT2D eigenvalue weighted by Crippen LogP contribution is -2.63. The molecule has 2 fully saturated rings. The van der Waals surface area contributed by atoms with E-state index >= 15 is 0 Å². The summed E-state index contributed by atoms with van der Waals surface area (Å²) in [6.45, 7) is 3.91. The number of aromatic nitrogens is 1. The van der Waals surface area contributed by atoms with E-state index in [9.17, 15) is 9.59 Å². The average molecular weight is 487 g/mol. The molecule has 36 heavy (non-hydrogen) atoms. The predicted octanol–water partition coefficient (Wildman–Crippen LogP) is 3.07. The van der Waals surface area contributed by atoms with Crippen LogP contribution >= 0.6 is 0 Å². The van der Waals surface area contributed by atoms with Gasteiger partial charge in [-0.25, -0.2) is 0 Å². The van der Waals surface area contributed by atoms with Crippen LogP contribution in [0.4, 0.5) is 0 Å². The van der Waals surface area contributed by atoms with Crippen molar-refractivity contribution >= 4 is 22.7 Å². The van der Waals surface area contributed by atoms with E-state index in [1.54, 1.807) is 4.90 Å². The van der Waals surface area contributed by atoms with Crippen molar-refractivity contribution in [1.29, 1.82) is 0 Å². The molecular weight excluding hydrogens is 456 g/mol. The van der Waals surface area contributed by atoms with Gasteiger partial charge >= 0.3 is 0 Å². The zero-order valence-electron chi connectivity index (χ0n) is 20.2. The van der Waals surface area contributed by atoms with Crippen LogP contribution in [0, 0.1) is 0 Å². The van der Waals surface area contributed by atoms with Crippen molar-refractivity contribution in [3.63, 3.8) is 0 Å². The molecule has 7 rings (SSSR count). The van der Waals surface area contributed by atoms with E-state index in [4.69, 9.17) is 9.47 Å². The third kappa shape index (κ3) is 3.46. The molecule has 0 saturated carbocycles. The van der Waals surface area contributed by atoms with E-state index < -0.39 is 6.04 Å². The maximum absolute atomic E-state index is 13.9. The van der Waals surface area contributed by atoms with Gasteiger partial charge in [0.25, 0.3) is 0 Å². The number of aromatic amines is 1. The number of H-pyrrole nitrogens is 1. The Labute approximate surface area is 209 Å². The van der Waals surface area contributed by atoms with Gasteiger partial charge in [-0.15, -0.1) is 0 Å². The highest BCUT2D eigenvalue weighted by Crippen LogP contribution is 2.44. The van der Waals surface area contributed by atoms with Gasteiger partial charge in [-0.2, -0.15) is 0 Å². The maximum Gasteiger partial charge on any atom is 0.246 e. The van der Waals surface area contributed by atoms with Crippen molar-refractivity contribution in [3.05, 3.63) is 59.3 Å². The van der Waals surface area contributed by atoms with E-state index in [0.29, 0.717) is 24.5 Å². The largest absolute Gasteiger partial charge is 0.454 e. The van der Waals surface area contributed by atoms with Gasteiger partial charge in [0.15, 0.2) is 11.5 Å². The highest BCUT2D eigenvalue weighted by molar-refractivity contribution is 5.97. The number of hydrogen-bond donors (Lipinski definition) is 1. The fourth-order valence-electron chi connectivity index (χ4n) is 6.39. The average Bonchev–Trinajstić information content (AvgIpc) is 3.53. The fourth-order valence-corrected chi connectivity index (χ4v) is 6.39. The summed E-state index contributed by atoms with van der Waals surface area (Å²) in [7, 11) is 0. The van der Waals surface area contributed by atoms with Crippen LogP contribution in [0.2, 0.25) is 0 Å². The number of piperidine rings is 1. The summed E-state index contributed by atoms with van der Waals surface area (Å²) in [5, 5.41) is 1.11. The number of nitrogens with one attached hydrogen (secondary N) is 1. The monoisotopic (exact) mass is 486 g/mol. The Morgan fingerprint density at radius 3 is 2.67 bits per heavy atom. The standard InChI is InChI=1S/C28H30N4O4/c33-25-16-31(13-12-30-10-4-1-5-11-30)28(34)22-15-20-19-6-2-3-7-21(19)29-26(20)27(32(22)25)18-8-9-23-24(14-18)36-17-35-23/h2-3,6-9,14,22,27,29H,1,4-5,10-13,15-17H2/t22-,27-/m1/s1. The Kier molecular flexibility index (Phi) is 5.16. The Hall–Kier alpha value is -3.52. The SMILES string of the molecule is O=C1[C@H]2Cc3c([nH]c4ccccc34)[C@@H](c3ccc4c(c3)OCO4)N2C(=O)CN1CCN1CCCCC1. The lowest BCUT2D eigenvalue weighted by Gasteiger charge is -2.47. The van der Waals surface area contributed by atoms with Crippen molar-refractivity contribution in [2.45, 2.75) is 37.8 Å². The van der Waals surface area contributed by atoms with Crippen LogP contribution in [0.25, 0.3) is 10.9 Å². The van der Waals surface area contributed by atoms with E-state index in [1.807, 2.05) is 35.2 Å². The van der Waals surface area contributed by atoms with E-state index in [0.717, 1.165) is 47.4 Å². The molecule has 186 valence electrons. The quantitative estimate of drug-likeness (QED) is 0.613. The summed E-state index contributed by atoms with van der Waals surface area (Å²) in [6.07, 6.45) is 4.22. The second-order valence-electron chi connectivity index (χ2n) is 10.3. The van der Waals surface area contributed by atoms with Crippen LogP contribution in [0.5, 0.6) is 11.5 Å². The molecule has 4 aliphatic rings.